The van der Waals surface area contributed by atoms with Gasteiger partial charge in [-0.15, -0.1) is 5.10 Å². The van der Waals surface area contributed by atoms with Crippen LogP contribution < -0.4 is 15.2 Å². The number of nitrogens with one attached hydrogen (secondary N) is 1. The van der Waals surface area contributed by atoms with E-state index in [0.717, 1.165) is 32.6 Å². The summed E-state index contributed by atoms with van der Waals surface area (Å²) < 4.78 is 12.4. The molecule has 3 aromatic rings. The largest absolute Gasteiger partial charge is 0.489 e. The van der Waals surface area contributed by atoms with Gasteiger partial charge in [-0.05, 0) is 42.3 Å². The number of aromatic amines is 1. The number of benzene rings is 2. The lowest BCUT2D eigenvalue weighted by atomic mass is 9.84. The average molecular weight is 437 g/mol. The summed E-state index contributed by atoms with van der Waals surface area (Å²) in [4.78, 5) is 0. The molecule has 0 amide bonds. The third kappa shape index (κ3) is 3.35. The minimum Gasteiger partial charge on any atom is -0.489 e. The van der Waals surface area contributed by atoms with Gasteiger partial charge in [-0.25, -0.2) is 0 Å². The molecule has 1 aromatic heterocycles. The average Bonchev–Trinajstić information content (AvgIpc) is 3.07. The van der Waals surface area contributed by atoms with E-state index in [-0.39, 0.29) is 11.8 Å². The fourth-order valence-corrected chi connectivity index (χ4v) is 3.50. The van der Waals surface area contributed by atoms with Crippen LogP contribution in [-0.4, -0.2) is 10.2 Å². The number of hydrogen-bond donors (Lipinski definition) is 2. The SMILES string of the molecule is Cc1[nH]nc2c1[C@H](c1ccc(OCc3ccc(Br)cc3)cc1)C(C#N)=C(N)O2. The van der Waals surface area contributed by atoms with Gasteiger partial charge in [0.15, 0.2) is 0 Å². The summed E-state index contributed by atoms with van der Waals surface area (Å²) in [5.41, 5.74) is 10.00. The van der Waals surface area contributed by atoms with Crippen molar-refractivity contribution in [1.82, 2.24) is 10.2 Å². The third-order valence-electron chi connectivity index (χ3n) is 4.66. The Morgan fingerprint density at radius 3 is 2.61 bits per heavy atom. The van der Waals surface area contributed by atoms with Crippen molar-refractivity contribution >= 4 is 15.9 Å². The van der Waals surface area contributed by atoms with Crippen LogP contribution in [0.2, 0.25) is 0 Å². The fourth-order valence-electron chi connectivity index (χ4n) is 3.24. The molecule has 0 saturated heterocycles. The van der Waals surface area contributed by atoms with E-state index in [1.807, 2.05) is 55.5 Å². The lowest BCUT2D eigenvalue weighted by molar-refractivity contribution is 0.306. The highest BCUT2D eigenvalue weighted by atomic mass is 79.9. The highest BCUT2D eigenvalue weighted by molar-refractivity contribution is 9.10. The van der Waals surface area contributed by atoms with Crippen molar-refractivity contribution in [3.05, 3.63) is 86.8 Å². The van der Waals surface area contributed by atoms with Gasteiger partial charge in [0.2, 0.25) is 11.8 Å². The van der Waals surface area contributed by atoms with Crippen molar-refractivity contribution in [3.63, 3.8) is 0 Å². The van der Waals surface area contributed by atoms with Crippen LogP contribution in [0.4, 0.5) is 0 Å². The first kappa shape index (κ1) is 18.1. The number of allylic oxidation sites excluding steroid dienone is 1. The highest BCUT2D eigenvalue weighted by Crippen LogP contribution is 2.42. The van der Waals surface area contributed by atoms with E-state index in [4.69, 9.17) is 15.2 Å². The van der Waals surface area contributed by atoms with Gasteiger partial charge < -0.3 is 15.2 Å². The number of aromatic nitrogens is 2. The number of hydrogen-bond acceptors (Lipinski definition) is 5. The van der Waals surface area contributed by atoms with E-state index in [2.05, 4.69) is 32.2 Å². The van der Waals surface area contributed by atoms with E-state index in [9.17, 15) is 5.26 Å². The van der Waals surface area contributed by atoms with Crippen LogP contribution >= 0.6 is 15.9 Å². The molecule has 6 nitrogen and oxygen atoms in total. The van der Waals surface area contributed by atoms with Gasteiger partial charge in [0.05, 0.1) is 5.92 Å². The summed E-state index contributed by atoms with van der Waals surface area (Å²) in [7, 11) is 0. The normalized spacial score (nSPS) is 15.5. The smallest absolute Gasteiger partial charge is 0.244 e. The van der Waals surface area contributed by atoms with Crippen molar-refractivity contribution < 1.29 is 9.47 Å². The van der Waals surface area contributed by atoms with Gasteiger partial charge >= 0.3 is 0 Å². The molecule has 1 aliphatic rings. The number of nitrogens with two attached hydrogens (primary N) is 1. The second-order valence-corrected chi connectivity index (χ2v) is 7.39. The van der Waals surface area contributed by atoms with Gasteiger partial charge in [0.25, 0.3) is 0 Å². The molecule has 1 atom stereocenters. The summed E-state index contributed by atoms with van der Waals surface area (Å²) in [6.45, 7) is 2.37. The van der Waals surface area contributed by atoms with Crippen molar-refractivity contribution in [2.45, 2.75) is 19.4 Å². The lowest BCUT2D eigenvalue weighted by Crippen LogP contribution is -2.21. The van der Waals surface area contributed by atoms with Crippen molar-refractivity contribution in [1.29, 1.82) is 5.26 Å². The molecule has 0 saturated carbocycles. The van der Waals surface area contributed by atoms with E-state index < -0.39 is 0 Å². The van der Waals surface area contributed by atoms with E-state index in [1.165, 1.54) is 0 Å². The summed E-state index contributed by atoms with van der Waals surface area (Å²) in [6.07, 6.45) is 0. The van der Waals surface area contributed by atoms with Gasteiger partial charge in [0.1, 0.15) is 24.0 Å². The maximum Gasteiger partial charge on any atom is 0.244 e. The maximum absolute atomic E-state index is 9.60. The molecule has 0 aliphatic carbocycles. The van der Waals surface area contributed by atoms with Crippen molar-refractivity contribution in [2.24, 2.45) is 5.73 Å². The highest BCUT2D eigenvalue weighted by Gasteiger charge is 2.34. The van der Waals surface area contributed by atoms with Crippen LogP contribution in [0.5, 0.6) is 11.6 Å². The monoisotopic (exact) mass is 436 g/mol. The molecule has 2 aromatic carbocycles. The Hall–Kier alpha value is -3.24. The molecule has 0 bridgehead atoms. The first-order chi connectivity index (χ1) is 13.6. The Labute approximate surface area is 170 Å². The van der Waals surface area contributed by atoms with Crippen LogP contribution in [0.1, 0.15) is 28.3 Å². The number of rotatable bonds is 4. The number of aryl methyl sites for hydroxylation is 1. The number of ether oxygens (including phenoxy) is 2. The van der Waals surface area contributed by atoms with E-state index in [1.54, 1.807) is 0 Å². The first-order valence-electron chi connectivity index (χ1n) is 8.66. The number of halogens is 1. The summed E-state index contributed by atoms with van der Waals surface area (Å²) >= 11 is 3.42. The van der Waals surface area contributed by atoms with Crippen molar-refractivity contribution in [3.8, 4) is 17.7 Å². The predicted molar refractivity (Wildman–Crippen MR) is 108 cm³/mol. The van der Waals surface area contributed by atoms with Gasteiger partial charge in [-0.2, -0.15) is 5.26 Å². The molecule has 28 heavy (non-hydrogen) atoms. The minimum atomic E-state index is -0.326. The molecular formula is C21H17BrN4O2. The first-order valence-corrected chi connectivity index (χ1v) is 9.45. The van der Waals surface area contributed by atoms with Gasteiger partial charge in [0, 0.05) is 15.7 Å². The Morgan fingerprint density at radius 1 is 1.21 bits per heavy atom. The molecule has 140 valence electrons. The Balaban J connectivity index is 1.58. The summed E-state index contributed by atoms with van der Waals surface area (Å²) in [5.74, 6) is 0.919. The molecule has 2 heterocycles. The van der Waals surface area contributed by atoms with E-state index in [0.29, 0.717) is 18.1 Å². The second kappa shape index (κ2) is 7.41. The van der Waals surface area contributed by atoms with Crippen LogP contribution in [0.25, 0.3) is 0 Å². The molecule has 0 radical (unpaired) electrons. The van der Waals surface area contributed by atoms with Crippen LogP contribution in [0.15, 0.2) is 64.5 Å². The second-order valence-electron chi connectivity index (χ2n) is 6.48. The zero-order valence-corrected chi connectivity index (χ0v) is 16.7. The number of nitriles is 1. The third-order valence-corrected chi connectivity index (χ3v) is 5.19. The molecule has 1 aliphatic heterocycles. The Bertz CT molecular complexity index is 1080. The molecule has 0 spiro atoms. The molecular weight excluding hydrogens is 420 g/mol. The number of fused-ring (bicyclic) bond motifs is 1. The molecule has 0 fully saturated rings. The number of H-pyrrole nitrogens is 1. The van der Waals surface area contributed by atoms with Crippen LogP contribution in [-0.2, 0) is 6.61 Å². The van der Waals surface area contributed by atoms with Crippen LogP contribution in [0.3, 0.4) is 0 Å². The van der Waals surface area contributed by atoms with Crippen molar-refractivity contribution in [2.75, 3.05) is 0 Å². The number of nitrogens with zero attached hydrogens (tertiary/aromatic N) is 2. The fraction of sp³-hybridized carbons (Fsp3) is 0.143. The van der Waals surface area contributed by atoms with Gasteiger partial charge in [-0.3, -0.25) is 5.10 Å². The zero-order chi connectivity index (χ0) is 19.7. The quantitative estimate of drug-likeness (QED) is 0.635. The maximum atomic E-state index is 9.60. The summed E-state index contributed by atoms with van der Waals surface area (Å²) in [6, 6.07) is 17.8. The molecule has 3 N–H and O–H groups in total. The zero-order valence-electron chi connectivity index (χ0n) is 15.1. The predicted octanol–water partition coefficient (Wildman–Crippen LogP) is 4.28. The van der Waals surface area contributed by atoms with Gasteiger partial charge in [-0.1, -0.05) is 40.2 Å². The summed E-state index contributed by atoms with van der Waals surface area (Å²) in [5, 5.41) is 16.6. The van der Waals surface area contributed by atoms with E-state index >= 15 is 0 Å². The molecule has 0 unspecified atom stereocenters. The molecule has 7 heteroatoms. The minimum absolute atomic E-state index is 0.0852. The Morgan fingerprint density at radius 2 is 1.93 bits per heavy atom. The lowest BCUT2D eigenvalue weighted by Gasteiger charge is -2.23. The standard InChI is InChI=1S/C21H17BrN4O2/c1-12-18-19(17(10-23)20(24)28-21(18)26-25-12)14-4-8-16(9-5-14)27-11-13-2-6-15(22)7-3-13/h2-9,19H,11,24H2,1H3,(H,25,26)/t19-/m1/s1. The topological polar surface area (TPSA) is 97.0 Å². The molecule has 4 rings (SSSR count). The Kier molecular flexibility index (Phi) is 4.80. The van der Waals surface area contributed by atoms with Crippen LogP contribution in [0, 0.1) is 18.3 Å².